The van der Waals surface area contributed by atoms with Crippen molar-refractivity contribution in [1.29, 1.82) is 0 Å². The average molecular weight is 288 g/mol. The van der Waals surface area contributed by atoms with E-state index >= 15 is 0 Å². The van der Waals surface area contributed by atoms with Crippen LogP contribution in [0.1, 0.15) is 12.5 Å². The quantitative estimate of drug-likeness (QED) is 0.439. The second-order valence-electron chi connectivity index (χ2n) is 3.64. The molecule has 1 amide bonds. The second kappa shape index (κ2) is 9.21. The van der Waals surface area contributed by atoms with E-state index in [0.29, 0.717) is 5.56 Å². The zero-order chi connectivity index (χ0) is 13.5. The van der Waals surface area contributed by atoms with Crippen molar-refractivity contribution in [1.82, 2.24) is 5.32 Å². The number of carboxylic acid groups (broad SMARTS) is 1. The number of amides is 1. The fourth-order valence-electron chi connectivity index (χ4n) is 1.16. The van der Waals surface area contributed by atoms with Gasteiger partial charge >= 0.3 is 57.4 Å². The minimum Gasteiger partial charge on any atom is -0.872 e. The molecule has 2 N–H and O–H groups in total. The predicted molar refractivity (Wildman–Crippen MR) is 63.6 cm³/mol. The number of carbonyl (C=O) groups is 2. The number of hydrogen-bond acceptors (Lipinski definition) is 4. The summed E-state index contributed by atoms with van der Waals surface area (Å²) in [5, 5.41) is 22.1. The number of para-hydroxylation sites is 1. The number of nitrogens with one attached hydrogen (secondary N) is 1. The monoisotopic (exact) mass is 288 g/mol. The number of aliphatic imine (C=N–C) groups is 1. The van der Waals surface area contributed by atoms with Crippen LogP contribution in [0.4, 0.5) is 0 Å². The topological polar surface area (TPSA) is 102 Å². The number of carbonyl (C=O) groups excluding carboxylic acids is 1. The molecule has 0 spiro atoms. The van der Waals surface area contributed by atoms with Crippen LogP contribution in [-0.2, 0) is 9.59 Å². The van der Waals surface area contributed by atoms with Crippen LogP contribution in [-0.4, -0.2) is 35.8 Å². The smallest absolute Gasteiger partial charge is 0.872 e. The summed E-state index contributed by atoms with van der Waals surface area (Å²) >= 11 is 0. The van der Waals surface area contributed by atoms with E-state index in [1.54, 1.807) is 18.2 Å². The van der Waals surface area contributed by atoms with Crippen molar-refractivity contribution in [3.8, 4) is 5.75 Å². The Hall–Kier alpha value is -0.734. The Kier molecular flexibility index (Phi) is 8.86. The van der Waals surface area contributed by atoms with E-state index in [-0.39, 0.29) is 63.7 Å². The normalized spacial score (nSPS) is 11.6. The summed E-state index contributed by atoms with van der Waals surface area (Å²) in [6, 6.07) is 5.33. The minimum absolute atomic E-state index is 0. The van der Waals surface area contributed by atoms with E-state index in [9.17, 15) is 14.7 Å². The first-order valence-corrected chi connectivity index (χ1v) is 5.28. The number of hydrogen-bond donors (Lipinski definition) is 2. The Morgan fingerprint density at radius 1 is 1.47 bits per heavy atom. The number of aliphatic carboxylic acids is 1. The van der Waals surface area contributed by atoms with Crippen molar-refractivity contribution < 1.29 is 71.2 Å². The van der Waals surface area contributed by atoms with Crippen molar-refractivity contribution >= 4 is 18.1 Å². The van der Waals surface area contributed by atoms with Crippen LogP contribution in [0.3, 0.4) is 0 Å². The molecule has 6 nitrogen and oxygen atoms in total. The molecule has 0 aliphatic carbocycles. The first-order chi connectivity index (χ1) is 8.50. The van der Waals surface area contributed by atoms with Gasteiger partial charge in [-0.25, -0.2) is 0 Å². The Labute approximate surface area is 153 Å². The van der Waals surface area contributed by atoms with Crippen molar-refractivity contribution in [2.75, 3.05) is 6.54 Å². The van der Waals surface area contributed by atoms with Gasteiger partial charge in [-0.3, -0.25) is 14.6 Å². The van der Waals surface area contributed by atoms with Gasteiger partial charge in [0.1, 0.15) is 12.6 Å². The molecule has 0 radical (unpaired) electrons. The zero-order valence-corrected chi connectivity index (χ0v) is 13.9. The van der Waals surface area contributed by atoms with Crippen molar-refractivity contribution in [3.63, 3.8) is 0 Å². The van der Waals surface area contributed by atoms with Crippen LogP contribution in [0.2, 0.25) is 0 Å². The second-order valence-corrected chi connectivity index (χ2v) is 3.64. The standard InChI is InChI=1S/C12H14N2O4.K/c1-8(12(17)18)14-11(16)7-13-6-9-4-2-3-5-10(9)15;/h2-6,8,15H,7H2,1H3,(H,14,16)(H,17,18);/q;+1/p-1/t8-;/m0./s1. The fourth-order valence-corrected chi connectivity index (χ4v) is 1.16. The minimum atomic E-state index is -1.11. The molecule has 0 aliphatic rings. The van der Waals surface area contributed by atoms with Crippen LogP contribution in [0.25, 0.3) is 0 Å². The van der Waals surface area contributed by atoms with Gasteiger partial charge in [0.2, 0.25) is 5.91 Å². The predicted octanol–water partition coefficient (Wildman–Crippen LogP) is -3.23. The van der Waals surface area contributed by atoms with E-state index in [1.807, 2.05) is 0 Å². The SMILES string of the molecule is C[C@H](NC(=O)CN=Cc1ccccc1[O-])C(=O)O.[K+]. The first kappa shape index (κ1) is 18.3. The van der Waals surface area contributed by atoms with Gasteiger partial charge in [0, 0.05) is 6.21 Å². The molecule has 1 rings (SSSR count). The van der Waals surface area contributed by atoms with E-state index in [4.69, 9.17) is 5.11 Å². The van der Waals surface area contributed by atoms with Gasteiger partial charge in [-0.05, 0) is 12.5 Å². The van der Waals surface area contributed by atoms with Gasteiger partial charge in [0.15, 0.2) is 0 Å². The molecule has 7 heteroatoms. The molecule has 0 bridgehead atoms. The molecule has 0 fully saturated rings. The van der Waals surface area contributed by atoms with Crippen LogP contribution >= 0.6 is 0 Å². The maximum Gasteiger partial charge on any atom is 1.00 e. The molecule has 1 atom stereocenters. The molecule has 0 unspecified atom stereocenters. The van der Waals surface area contributed by atoms with Gasteiger partial charge in [0.25, 0.3) is 0 Å². The molecular weight excluding hydrogens is 275 g/mol. The van der Waals surface area contributed by atoms with Crippen molar-refractivity contribution in [2.24, 2.45) is 4.99 Å². The maximum absolute atomic E-state index is 11.3. The number of carboxylic acids is 1. The number of nitrogens with zero attached hydrogens (tertiary/aromatic N) is 1. The first-order valence-electron chi connectivity index (χ1n) is 5.28. The van der Waals surface area contributed by atoms with Crippen molar-refractivity contribution in [2.45, 2.75) is 13.0 Å². The van der Waals surface area contributed by atoms with Gasteiger partial charge in [-0.2, -0.15) is 0 Å². The van der Waals surface area contributed by atoms with Gasteiger partial charge in [-0.1, -0.05) is 24.3 Å². The van der Waals surface area contributed by atoms with Gasteiger partial charge in [-0.15, -0.1) is 5.75 Å². The number of rotatable bonds is 5. The summed E-state index contributed by atoms with van der Waals surface area (Å²) in [5.74, 6) is -1.80. The molecule has 1 aromatic rings. The van der Waals surface area contributed by atoms with Crippen LogP contribution < -0.4 is 61.8 Å². The largest absolute Gasteiger partial charge is 1.00 e. The Morgan fingerprint density at radius 2 is 2.11 bits per heavy atom. The molecule has 96 valence electrons. The summed E-state index contributed by atoms with van der Waals surface area (Å²) in [5.41, 5.74) is 0.386. The molecule has 1 aromatic carbocycles. The maximum atomic E-state index is 11.3. The van der Waals surface area contributed by atoms with E-state index in [1.165, 1.54) is 19.2 Å². The summed E-state index contributed by atoms with van der Waals surface area (Å²) in [7, 11) is 0. The third kappa shape index (κ3) is 6.83. The molecule has 0 aromatic heterocycles. The van der Waals surface area contributed by atoms with Crippen molar-refractivity contribution in [3.05, 3.63) is 29.8 Å². The Balaban J connectivity index is 0.00000324. The fraction of sp³-hybridized carbons (Fsp3) is 0.250. The molecular formula is C12H13KN2O4. The van der Waals surface area contributed by atoms with Gasteiger partial charge in [0.05, 0.1) is 0 Å². The Bertz CT molecular complexity index is 477. The van der Waals surface area contributed by atoms with E-state index in [2.05, 4.69) is 10.3 Å². The van der Waals surface area contributed by atoms with Crippen LogP contribution in [0, 0.1) is 0 Å². The molecule has 0 aliphatic heterocycles. The van der Waals surface area contributed by atoms with Gasteiger partial charge < -0.3 is 15.5 Å². The zero-order valence-electron chi connectivity index (χ0n) is 10.8. The number of benzene rings is 1. The average Bonchev–Trinajstić information content (AvgIpc) is 2.31. The molecule has 0 saturated heterocycles. The third-order valence-corrected chi connectivity index (χ3v) is 2.13. The van der Waals surface area contributed by atoms with Crippen LogP contribution in [0.5, 0.6) is 5.75 Å². The summed E-state index contributed by atoms with van der Waals surface area (Å²) in [4.78, 5) is 25.5. The summed E-state index contributed by atoms with van der Waals surface area (Å²) < 4.78 is 0. The third-order valence-electron chi connectivity index (χ3n) is 2.13. The molecule has 0 saturated carbocycles. The van der Waals surface area contributed by atoms with Crippen LogP contribution in [0.15, 0.2) is 29.3 Å². The molecule has 0 heterocycles. The molecule has 19 heavy (non-hydrogen) atoms. The summed E-state index contributed by atoms with van der Waals surface area (Å²) in [6.07, 6.45) is 1.30. The Morgan fingerprint density at radius 3 is 2.68 bits per heavy atom. The van der Waals surface area contributed by atoms with E-state index in [0.717, 1.165) is 0 Å². The summed E-state index contributed by atoms with van der Waals surface area (Å²) in [6.45, 7) is 1.14. The van der Waals surface area contributed by atoms with E-state index < -0.39 is 17.9 Å².